The lowest BCUT2D eigenvalue weighted by molar-refractivity contribution is -0.117. The highest BCUT2D eigenvalue weighted by molar-refractivity contribution is 7.92. The van der Waals surface area contributed by atoms with E-state index < -0.39 is 10.0 Å². The second kappa shape index (κ2) is 9.23. The van der Waals surface area contributed by atoms with Gasteiger partial charge in [0.05, 0.1) is 4.90 Å². The van der Waals surface area contributed by atoms with Crippen LogP contribution in [0.1, 0.15) is 55.2 Å². The first-order valence-electron chi connectivity index (χ1n) is 10.9. The van der Waals surface area contributed by atoms with Crippen LogP contribution >= 0.6 is 0 Å². The molecule has 1 aliphatic rings. The van der Waals surface area contributed by atoms with Gasteiger partial charge < -0.3 is 9.84 Å². The Hall–Kier alpha value is -3.39. The monoisotopic (exact) mass is 465 g/mol. The minimum absolute atomic E-state index is 0.0168. The van der Waals surface area contributed by atoms with E-state index in [9.17, 15) is 13.2 Å². The van der Waals surface area contributed by atoms with Gasteiger partial charge in [0.25, 0.3) is 10.0 Å². The maximum atomic E-state index is 12.7. The van der Waals surface area contributed by atoms with Crippen molar-refractivity contribution in [2.75, 3.05) is 10.0 Å². The van der Waals surface area contributed by atoms with Gasteiger partial charge in [-0.2, -0.15) is 0 Å². The van der Waals surface area contributed by atoms with Crippen molar-refractivity contribution in [1.29, 1.82) is 0 Å². The Kier molecular flexibility index (Phi) is 6.37. The lowest BCUT2D eigenvalue weighted by Crippen LogP contribution is -2.14. The number of amides is 1. The van der Waals surface area contributed by atoms with Gasteiger partial charge in [0.15, 0.2) is 5.76 Å². The number of hydrogen-bond acceptors (Lipinski definition) is 5. The van der Waals surface area contributed by atoms with E-state index in [2.05, 4.69) is 29.0 Å². The predicted octanol–water partition coefficient (Wildman–Crippen LogP) is 5.43. The van der Waals surface area contributed by atoms with Gasteiger partial charge >= 0.3 is 0 Å². The quantitative estimate of drug-likeness (QED) is 0.462. The molecule has 1 fully saturated rings. The lowest BCUT2D eigenvalue weighted by Gasteiger charge is -2.10. The highest BCUT2D eigenvalue weighted by Gasteiger charge is 2.30. The fourth-order valence-corrected chi connectivity index (χ4v) is 4.36. The van der Waals surface area contributed by atoms with Crippen LogP contribution in [-0.4, -0.2) is 19.5 Å². The molecule has 0 aliphatic heterocycles. The van der Waals surface area contributed by atoms with E-state index in [-0.39, 0.29) is 16.7 Å². The van der Waals surface area contributed by atoms with Crippen LogP contribution < -0.4 is 10.0 Å². The summed E-state index contributed by atoms with van der Waals surface area (Å²) >= 11 is 0. The fourth-order valence-electron chi connectivity index (χ4n) is 3.30. The molecule has 3 aromatic rings. The molecule has 0 spiro atoms. The largest absolute Gasteiger partial charge is 0.354 e. The van der Waals surface area contributed by atoms with Crippen LogP contribution in [0.4, 0.5) is 11.4 Å². The summed E-state index contributed by atoms with van der Waals surface area (Å²) in [5.41, 5.74) is 3.62. The van der Waals surface area contributed by atoms with Crippen molar-refractivity contribution in [3.8, 4) is 0 Å². The summed E-state index contributed by atoms with van der Waals surface area (Å²) in [4.78, 5) is 12.3. The Bertz CT molecular complexity index is 1270. The van der Waals surface area contributed by atoms with Crippen LogP contribution in [0.15, 0.2) is 57.9 Å². The van der Waals surface area contributed by atoms with Crippen LogP contribution in [0.25, 0.3) is 12.2 Å². The molecule has 0 atom stereocenters. The Balaban J connectivity index is 1.45. The molecule has 7 nitrogen and oxygen atoms in total. The molecule has 0 unspecified atom stereocenters. The minimum Gasteiger partial charge on any atom is -0.354 e. The lowest BCUT2D eigenvalue weighted by atomic mass is 10.0. The van der Waals surface area contributed by atoms with Crippen LogP contribution in [0.2, 0.25) is 0 Å². The molecular weight excluding hydrogens is 438 g/mol. The third-order valence-electron chi connectivity index (χ3n) is 5.53. The first kappa shape index (κ1) is 22.8. The van der Waals surface area contributed by atoms with Crippen molar-refractivity contribution < 1.29 is 17.7 Å². The van der Waals surface area contributed by atoms with Crippen LogP contribution in [0.3, 0.4) is 0 Å². The maximum Gasteiger partial charge on any atom is 0.261 e. The average Bonchev–Trinajstić information content (AvgIpc) is 3.58. The Labute approximate surface area is 193 Å². The van der Waals surface area contributed by atoms with Crippen molar-refractivity contribution >= 4 is 39.5 Å². The average molecular weight is 466 g/mol. The summed E-state index contributed by atoms with van der Waals surface area (Å²) in [6, 6.07) is 13.9. The summed E-state index contributed by atoms with van der Waals surface area (Å²) in [5, 5.41) is 6.82. The van der Waals surface area contributed by atoms with E-state index >= 15 is 0 Å². The fraction of sp³-hybridized carbons (Fsp3) is 0.280. The molecule has 2 aromatic carbocycles. The summed E-state index contributed by atoms with van der Waals surface area (Å²) in [6.07, 6.45) is 5.31. The molecule has 172 valence electrons. The van der Waals surface area contributed by atoms with Crippen molar-refractivity contribution in [2.24, 2.45) is 5.92 Å². The third-order valence-corrected chi connectivity index (χ3v) is 6.93. The highest BCUT2D eigenvalue weighted by atomic mass is 32.2. The van der Waals surface area contributed by atoms with Gasteiger partial charge in [-0.3, -0.25) is 9.52 Å². The molecule has 1 aliphatic carbocycles. The van der Waals surface area contributed by atoms with E-state index in [0.717, 1.165) is 24.0 Å². The van der Waals surface area contributed by atoms with Crippen LogP contribution in [-0.2, 0) is 14.8 Å². The van der Waals surface area contributed by atoms with Gasteiger partial charge in [0.2, 0.25) is 5.91 Å². The van der Waals surface area contributed by atoms with Crippen LogP contribution in [0.5, 0.6) is 0 Å². The topological polar surface area (TPSA) is 101 Å². The zero-order valence-electron chi connectivity index (χ0n) is 18.8. The van der Waals surface area contributed by atoms with Gasteiger partial charge in [0.1, 0.15) is 11.4 Å². The Morgan fingerprint density at radius 2 is 1.73 bits per heavy atom. The van der Waals surface area contributed by atoms with Crippen LogP contribution in [0, 0.1) is 12.8 Å². The van der Waals surface area contributed by atoms with E-state index in [0.29, 0.717) is 28.7 Å². The summed E-state index contributed by atoms with van der Waals surface area (Å²) in [7, 11) is -3.70. The Morgan fingerprint density at radius 3 is 2.33 bits per heavy atom. The molecule has 1 aromatic heterocycles. The summed E-state index contributed by atoms with van der Waals surface area (Å²) in [5.74, 6) is 0.886. The SMILES string of the molecule is Cc1noc(C=Cc2ccc(S(=O)(=O)Nc3ccc(C(C)C)cc3)cc2)c1NC(=O)C1CC1. The number of carbonyl (C=O) groups is 1. The summed E-state index contributed by atoms with van der Waals surface area (Å²) < 4.78 is 33.4. The number of benzene rings is 2. The van der Waals surface area contributed by atoms with E-state index in [4.69, 9.17) is 4.52 Å². The first-order chi connectivity index (χ1) is 15.7. The van der Waals surface area contributed by atoms with E-state index in [1.807, 2.05) is 12.1 Å². The number of sulfonamides is 1. The second-order valence-electron chi connectivity index (χ2n) is 8.56. The zero-order chi connectivity index (χ0) is 23.6. The second-order valence-corrected chi connectivity index (χ2v) is 10.2. The van der Waals surface area contributed by atoms with Crippen molar-refractivity contribution in [2.45, 2.75) is 44.4 Å². The van der Waals surface area contributed by atoms with E-state index in [1.54, 1.807) is 55.5 Å². The number of nitrogens with one attached hydrogen (secondary N) is 2. The molecular formula is C25H27N3O4S. The number of anilines is 2. The number of carbonyl (C=O) groups excluding carboxylic acids is 1. The van der Waals surface area contributed by atoms with Gasteiger partial charge in [-0.15, -0.1) is 0 Å². The first-order valence-corrected chi connectivity index (χ1v) is 12.4. The molecule has 4 rings (SSSR count). The van der Waals surface area contributed by atoms with Crippen molar-refractivity contribution in [1.82, 2.24) is 5.16 Å². The predicted molar refractivity (Wildman–Crippen MR) is 129 cm³/mol. The molecule has 0 saturated heterocycles. The standard InChI is InChI=1S/C25H27N3O4S/c1-16(2)19-9-11-21(12-10-19)28-33(30,31)22-13-4-18(5-14-22)6-15-23-24(17(3)27-32-23)26-25(29)20-7-8-20/h4-6,9-16,20,28H,7-8H2,1-3H3,(H,26,29). The molecule has 1 heterocycles. The minimum atomic E-state index is -3.70. The molecule has 1 amide bonds. The van der Waals surface area contributed by atoms with Crippen molar-refractivity contribution in [3.63, 3.8) is 0 Å². The number of nitrogens with zero attached hydrogens (tertiary/aromatic N) is 1. The maximum absolute atomic E-state index is 12.7. The number of rotatable bonds is 8. The molecule has 1 saturated carbocycles. The van der Waals surface area contributed by atoms with Gasteiger partial charge in [-0.25, -0.2) is 8.42 Å². The molecule has 33 heavy (non-hydrogen) atoms. The number of aromatic nitrogens is 1. The molecule has 0 radical (unpaired) electrons. The molecule has 8 heteroatoms. The van der Waals surface area contributed by atoms with Gasteiger partial charge in [-0.1, -0.05) is 49.3 Å². The van der Waals surface area contributed by atoms with Gasteiger partial charge in [0, 0.05) is 11.6 Å². The zero-order valence-corrected chi connectivity index (χ0v) is 19.6. The summed E-state index contributed by atoms with van der Waals surface area (Å²) in [6.45, 7) is 5.94. The number of aryl methyl sites for hydroxylation is 1. The Morgan fingerprint density at radius 1 is 1.06 bits per heavy atom. The third kappa shape index (κ3) is 5.51. The molecule has 0 bridgehead atoms. The highest BCUT2D eigenvalue weighted by Crippen LogP contribution is 2.32. The smallest absolute Gasteiger partial charge is 0.261 e. The van der Waals surface area contributed by atoms with E-state index in [1.165, 1.54) is 0 Å². The van der Waals surface area contributed by atoms with Crippen molar-refractivity contribution in [3.05, 3.63) is 71.1 Å². The van der Waals surface area contributed by atoms with Gasteiger partial charge in [-0.05, 0) is 67.2 Å². The molecule has 2 N–H and O–H groups in total. The number of hydrogen-bond donors (Lipinski definition) is 2. The normalized spacial score (nSPS) is 14.1.